The van der Waals surface area contributed by atoms with Crippen LogP contribution in [0.4, 0.5) is 4.79 Å². The average Bonchev–Trinajstić information content (AvgIpc) is 3.16. The minimum atomic E-state index is -1.12. The van der Waals surface area contributed by atoms with Gasteiger partial charge in [0.15, 0.2) is 11.8 Å². The third kappa shape index (κ3) is 5.64. The SMILES string of the molecule is C[C@H](OC(=O)c1csc(-c2cccs2)n1)C(=O)NC(=O)NC(C)(C)C. The van der Waals surface area contributed by atoms with Gasteiger partial charge in [-0.1, -0.05) is 6.07 Å². The third-order valence-electron chi connectivity index (χ3n) is 2.82. The predicted molar refractivity (Wildman–Crippen MR) is 96.7 cm³/mol. The first-order chi connectivity index (χ1) is 11.7. The number of nitrogens with zero attached hydrogens (tertiary/aromatic N) is 1. The van der Waals surface area contributed by atoms with Crippen LogP contribution in [0.2, 0.25) is 0 Å². The fourth-order valence-electron chi connectivity index (χ4n) is 1.74. The van der Waals surface area contributed by atoms with Crippen molar-refractivity contribution in [2.75, 3.05) is 0 Å². The molecule has 0 unspecified atom stereocenters. The van der Waals surface area contributed by atoms with Crippen molar-refractivity contribution in [1.29, 1.82) is 0 Å². The van der Waals surface area contributed by atoms with Gasteiger partial charge >= 0.3 is 12.0 Å². The second kappa shape index (κ2) is 7.75. The summed E-state index contributed by atoms with van der Waals surface area (Å²) in [6.07, 6.45) is -1.12. The van der Waals surface area contributed by atoms with Gasteiger partial charge in [-0.25, -0.2) is 14.6 Å². The number of carbonyl (C=O) groups is 3. The molecule has 0 saturated heterocycles. The Hall–Kier alpha value is -2.26. The number of carbonyl (C=O) groups excluding carboxylic acids is 3. The molecule has 0 aliphatic rings. The summed E-state index contributed by atoms with van der Waals surface area (Å²) < 4.78 is 5.08. The Morgan fingerprint density at radius 2 is 1.96 bits per heavy atom. The zero-order chi connectivity index (χ0) is 18.6. The largest absolute Gasteiger partial charge is 0.448 e. The number of nitrogens with one attached hydrogen (secondary N) is 2. The molecule has 0 aliphatic heterocycles. The van der Waals surface area contributed by atoms with E-state index in [0.717, 1.165) is 4.88 Å². The van der Waals surface area contributed by atoms with Gasteiger partial charge in [-0.3, -0.25) is 10.1 Å². The van der Waals surface area contributed by atoms with Gasteiger partial charge in [-0.15, -0.1) is 22.7 Å². The van der Waals surface area contributed by atoms with Crippen molar-refractivity contribution in [3.63, 3.8) is 0 Å². The Labute approximate surface area is 153 Å². The smallest absolute Gasteiger partial charge is 0.358 e. The molecule has 0 spiro atoms. The fraction of sp³-hybridized carbons (Fsp3) is 0.375. The van der Waals surface area contributed by atoms with Crippen LogP contribution >= 0.6 is 22.7 Å². The molecule has 0 aromatic carbocycles. The highest BCUT2D eigenvalue weighted by atomic mass is 32.1. The van der Waals surface area contributed by atoms with Crippen LogP contribution in [0.1, 0.15) is 38.2 Å². The molecule has 25 heavy (non-hydrogen) atoms. The Morgan fingerprint density at radius 3 is 2.56 bits per heavy atom. The molecule has 0 radical (unpaired) electrons. The highest BCUT2D eigenvalue weighted by Gasteiger charge is 2.24. The average molecular weight is 381 g/mol. The summed E-state index contributed by atoms with van der Waals surface area (Å²) in [5, 5.41) is 8.94. The Kier molecular flexibility index (Phi) is 5.91. The topological polar surface area (TPSA) is 97.4 Å². The highest BCUT2D eigenvalue weighted by molar-refractivity contribution is 7.20. The second-order valence-electron chi connectivity index (χ2n) is 6.26. The summed E-state index contributed by atoms with van der Waals surface area (Å²) in [7, 11) is 0. The zero-order valence-corrected chi connectivity index (χ0v) is 15.9. The summed E-state index contributed by atoms with van der Waals surface area (Å²) in [5.74, 6) is -1.42. The van der Waals surface area contributed by atoms with Crippen molar-refractivity contribution in [3.05, 3.63) is 28.6 Å². The van der Waals surface area contributed by atoms with Crippen LogP contribution < -0.4 is 10.6 Å². The van der Waals surface area contributed by atoms with E-state index in [1.165, 1.54) is 29.6 Å². The van der Waals surface area contributed by atoms with E-state index in [4.69, 9.17) is 4.74 Å². The zero-order valence-electron chi connectivity index (χ0n) is 14.3. The number of amides is 3. The van der Waals surface area contributed by atoms with Crippen molar-refractivity contribution in [2.24, 2.45) is 0 Å². The number of urea groups is 1. The summed E-state index contributed by atoms with van der Waals surface area (Å²) in [5.41, 5.74) is -0.351. The molecule has 1 atom stereocenters. The van der Waals surface area contributed by atoms with Crippen LogP contribution in [0.25, 0.3) is 9.88 Å². The normalized spacial score (nSPS) is 12.3. The van der Waals surface area contributed by atoms with E-state index in [-0.39, 0.29) is 5.69 Å². The van der Waals surface area contributed by atoms with Gasteiger partial charge in [0, 0.05) is 10.9 Å². The fourth-order valence-corrected chi connectivity index (χ4v) is 3.34. The van der Waals surface area contributed by atoms with Crippen LogP contribution in [-0.4, -0.2) is 34.5 Å². The number of aromatic nitrogens is 1. The molecule has 0 aliphatic carbocycles. The summed E-state index contributed by atoms with van der Waals surface area (Å²) in [6.45, 7) is 6.75. The molecule has 2 aromatic heterocycles. The van der Waals surface area contributed by atoms with E-state index in [1.54, 1.807) is 26.2 Å². The van der Waals surface area contributed by atoms with Crippen LogP contribution in [0.3, 0.4) is 0 Å². The first kappa shape index (κ1) is 19.1. The molecule has 2 N–H and O–H groups in total. The van der Waals surface area contributed by atoms with Crippen molar-refractivity contribution in [1.82, 2.24) is 15.6 Å². The van der Waals surface area contributed by atoms with E-state index in [9.17, 15) is 14.4 Å². The molecule has 134 valence electrons. The lowest BCUT2D eigenvalue weighted by Gasteiger charge is -2.21. The van der Waals surface area contributed by atoms with Gasteiger partial charge in [0.2, 0.25) is 0 Å². The van der Waals surface area contributed by atoms with E-state index < -0.39 is 29.6 Å². The van der Waals surface area contributed by atoms with Gasteiger partial charge in [0.05, 0.1) is 4.88 Å². The maximum absolute atomic E-state index is 12.1. The highest BCUT2D eigenvalue weighted by Crippen LogP contribution is 2.28. The first-order valence-corrected chi connectivity index (χ1v) is 9.25. The van der Waals surface area contributed by atoms with Gasteiger partial charge in [-0.05, 0) is 39.1 Å². The van der Waals surface area contributed by atoms with E-state index >= 15 is 0 Å². The maximum Gasteiger partial charge on any atom is 0.358 e. The van der Waals surface area contributed by atoms with Crippen LogP contribution in [0.15, 0.2) is 22.9 Å². The number of ether oxygens (including phenoxy) is 1. The van der Waals surface area contributed by atoms with Crippen molar-refractivity contribution in [3.8, 4) is 9.88 Å². The quantitative estimate of drug-likeness (QED) is 0.794. The molecule has 0 fully saturated rings. The lowest BCUT2D eigenvalue weighted by atomic mass is 10.1. The standard InChI is InChI=1S/C16H19N3O4S2/c1-9(12(20)18-15(22)19-16(2,3)4)23-14(21)10-8-25-13(17-10)11-6-5-7-24-11/h5-9H,1-4H3,(H2,18,19,20,22)/t9-/m0/s1. The number of hydrogen-bond donors (Lipinski definition) is 2. The van der Waals surface area contributed by atoms with Crippen LogP contribution in [-0.2, 0) is 9.53 Å². The van der Waals surface area contributed by atoms with E-state index in [0.29, 0.717) is 5.01 Å². The molecule has 3 amide bonds. The molecular formula is C16H19N3O4S2. The Bertz CT molecular complexity index is 763. The molecule has 7 nitrogen and oxygen atoms in total. The molecule has 2 rings (SSSR count). The number of thiazole rings is 1. The van der Waals surface area contributed by atoms with E-state index in [2.05, 4.69) is 15.6 Å². The number of esters is 1. The molecule has 2 heterocycles. The molecule has 0 bridgehead atoms. The van der Waals surface area contributed by atoms with Crippen molar-refractivity contribution >= 4 is 40.6 Å². The number of thiophene rings is 1. The molecule has 0 saturated carbocycles. The van der Waals surface area contributed by atoms with E-state index in [1.807, 2.05) is 17.5 Å². The van der Waals surface area contributed by atoms with Crippen LogP contribution in [0, 0.1) is 0 Å². The van der Waals surface area contributed by atoms with Gasteiger partial charge in [0.1, 0.15) is 5.01 Å². The van der Waals surface area contributed by atoms with Gasteiger partial charge in [-0.2, -0.15) is 0 Å². The van der Waals surface area contributed by atoms with Crippen molar-refractivity contribution < 1.29 is 19.1 Å². The lowest BCUT2D eigenvalue weighted by Crippen LogP contribution is -2.50. The van der Waals surface area contributed by atoms with Crippen LogP contribution in [0.5, 0.6) is 0 Å². The summed E-state index contributed by atoms with van der Waals surface area (Å²) in [6, 6.07) is 3.16. The molecular weight excluding hydrogens is 362 g/mol. The molecule has 9 heteroatoms. The lowest BCUT2D eigenvalue weighted by molar-refractivity contribution is -0.127. The predicted octanol–water partition coefficient (Wildman–Crippen LogP) is 3.04. The minimum absolute atomic E-state index is 0.132. The number of imide groups is 1. The summed E-state index contributed by atoms with van der Waals surface area (Å²) in [4.78, 5) is 40.9. The third-order valence-corrected chi connectivity index (χ3v) is 4.70. The second-order valence-corrected chi connectivity index (χ2v) is 8.06. The molecule has 2 aromatic rings. The number of rotatable bonds is 4. The monoisotopic (exact) mass is 381 g/mol. The first-order valence-electron chi connectivity index (χ1n) is 7.49. The number of hydrogen-bond acceptors (Lipinski definition) is 7. The maximum atomic E-state index is 12.1. The Balaban J connectivity index is 1.91. The summed E-state index contributed by atoms with van der Waals surface area (Å²) >= 11 is 2.84. The Morgan fingerprint density at radius 1 is 1.24 bits per heavy atom. The van der Waals surface area contributed by atoms with Gasteiger partial charge in [0.25, 0.3) is 5.91 Å². The van der Waals surface area contributed by atoms with Crippen molar-refractivity contribution in [2.45, 2.75) is 39.3 Å². The van der Waals surface area contributed by atoms with Gasteiger partial charge < -0.3 is 10.1 Å². The minimum Gasteiger partial charge on any atom is -0.448 e.